The number of aromatic nitrogens is 1. The van der Waals surface area contributed by atoms with Crippen LogP contribution in [0, 0.1) is 0 Å². The number of amides is 1. The van der Waals surface area contributed by atoms with Crippen molar-refractivity contribution < 1.29 is 14.3 Å². The predicted octanol–water partition coefficient (Wildman–Crippen LogP) is 5.59. The van der Waals surface area contributed by atoms with Gasteiger partial charge >= 0.3 is 5.97 Å². The molecule has 0 unspecified atom stereocenters. The molecule has 0 bridgehead atoms. The number of benzene rings is 3. The number of methoxy groups -OCH3 is 1. The third-order valence-corrected chi connectivity index (χ3v) is 4.96. The smallest absolute Gasteiger partial charge is 0.340 e. The molecule has 1 amide bonds. The van der Waals surface area contributed by atoms with Crippen LogP contribution in [0.1, 0.15) is 20.7 Å². The minimum atomic E-state index is -0.577. The number of fused-ring (bicyclic) bond motifs is 1. The van der Waals surface area contributed by atoms with E-state index < -0.39 is 5.97 Å². The Kier molecular flexibility index (Phi) is 5.46. The molecule has 1 N–H and O–H groups in total. The fourth-order valence-electron chi connectivity index (χ4n) is 3.24. The van der Waals surface area contributed by atoms with E-state index in [1.54, 1.807) is 30.5 Å². The number of hydrogen-bond donors (Lipinski definition) is 1. The fourth-order valence-corrected chi connectivity index (χ4v) is 3.41. The van der Waals surface area contributed by atoms with Gasteiger partial charge in [0.05, 0.1) is 23.9 Å². The van der Waals surface area contributed by atoms with E-state index in [4.69, 9.17) is 16.3 Å². The lowest BCUT2D eigenvalue weighted by atomic mass is 10.0. The van der Waals surface area contributed by atoms with E-state index in [2.05, 4.69) is 10.3 Å². The molecule has 0 saturated carbocycles. The lowest BCUT2D eigenvalue weighted by molar-refractivity contribution is 0.0602. The zero-order valence-corrected chi connectivity index (χ0v) is 16.8. The first-order valence-corrected chi connectivity index (χ1v) is 9.58. The molecule has 4 rings (SSSR count). The Morgan fingerprint density at radius 2 is 1.73 bits per heavy atom. The van der Waals surface area contributed by atoms with Gasteiger partial charge in [0, 0.05) is 27.7 Å². The highest BCUT2D eigenvalue weighted by Crippen LogP contribution is 2.28. The molecule has 0 aliphatic carbocycles. The maximum Gasteiger partial charge on any atom is 0.340 e. The first kappa shape index (κ1) is 19.6. The molecule has 148 valence electrons. The number of anilines is 1. The van der Waals surface area contributed by atoms with Crippen molar-refractivity contribution in [2.75, 3.05) is 12.4 Å². The maximum absolute atomic E-state index is 12.7. The van der Waals surface area contributed by atoms with Crippen LogP contribution in [0.4, 0.5) is 5.69 Å². The molecule has 5 nitrogen and oxygen atoms in total. The van der Waals surface area contributed by atoms with E-state index in [0.717, 1.165) is 22.0 Å². The number of para-hydroxylation sites is 1. The summed E-state index contributed by atoms with van der Waals surface area (Å²) in [4.78, 5) is 29.2. The molecule has 0 aliphatic heterocycles. The SMILES string of the molecule is COC(=O)c1cc(Cl)ccc1NC(=O)c1ccc(-c2cccc3cccnc23)cc1. The first-order valence-electron chi connectivity index (χ1n) is 9.20. The van der Waals surface area contributed by atoms with Gasteiger partial charge in [-0.15, -0.1) is 0 Å². The summed E-state index contributed by atoms with van der Waals surface area (Å²) in [5, 5.41) is 4.17. The largest absolute Gasteiger partial charge is 0.465 e. The van der Waals surface area contributed by atoms with Gasteiger partial charge in [-0.25, -0.2) is 4.79 Å². The molecule has 0 radical (unpaired) electrons. The molecule has 0 saturated heterocycles. The summed E-state index contributed by atoms with van der Waals surface area (Å²) in [6, 6.07) is 21.8. The van der Waals surface area contributed by atoms with Crippen molar-refractivity contribution in [2.24, 2.45) is 0 Å². The topological polar surface area (TPSA) is 68.3 Å². The molecule has 0 fully saturated rings. The lowest BCUT2D eigenvalue weighted by Gasteiger charge is -2.11. The van der Waals surface area contributed by atoms with Crippen LogP contribution in [0.3, 0.4) is 0 Å². The summed E-state index contributed by atoms with van der Waals surface area (Å²) in [6.07, 6.45) is 1.76. The minimum Gasteiger partial charge on any atom is -0.465 e. The Morgan fingerprint density at radius 3 is 2.50 bits per heavy atom. The van der Waals surface area contributed by atoms with Crippen molar-refractivity contribution in [2.45, 2.75) is 0 Å². The van der Waals surface area contributed by atoms with Crippen LogP contribution in [0.25, 0.3) is 22.0 Å². The molecular weight excluding hydrogens is 400 g/mol. The van der Waals surface area contributed by atoms with E-state index in [1.807, 2.05) is 42.5 Å². The number of halogens is 1. The maximum atomic E-state index is 12.7. The number of esters is 1. The van der Waals surface area contributed by atoms with Gasteiger partial charge in [-0.3, -0.25) is 9.78 Å². The fraction of sp³-hybridized carbons (Fsp3) is 0.0417. The monoisotopic (exact) mass is 416 g/mol. The Morgan fingerprint density at radius 1 is 0.967 bits per heavy atom. The number of nitrogens with zero attached hydrogens (tertiary/aromatic N) is 1. The second kappa shape index (κ2) is 8.35. The minimum absolute atomic E-state index is 0.191. The van der Waals surface area contributed by atoms with Crippen LogP contribution < -0.4 is 5.32 Å². The zero-order valence-electron chi connectivity index (χ0n) is 16.1. The summed E-state index contributed by atoms with van der Waals surface area (Å²) in [7, 11) is 1.27. The van der Waals surface area contributed by atoms with Crippen LogP contribution in [0.2, 0.25) is 5.02 Å². The molecule has 0 atom stereocenters. The van der Waals surface area contributed by atoms with Gasteiger partial charge in [-0.1, -0.05) is 48.0 Å². The Bertz CT molecular complexity index is 1250. The van der Waals surface area contributed by atoms with Crippen molar-refractivity contribution in [3.8, 4) is 11.1 Å². The summed E-state index contributed by atoms with van der Waals surface area (Å²) in [6.45, 7) is 0. The second-order valence-electron chi connectivity index (χ2n) is 6.59. The zero-order chi connectivity index (χ0) is 21.1. The summed E-state index contributed by atoms with van der Waals surface area (Å²) < 4.78 is 4.76. The van der Waals surface area contributed by atoms with Gasteiger partial charge in [0.15, 0.2) is 0 Å². The predicted molar refractivity (Wildman–Crippen MR) is 118 cm³/mol. The number of carbonyl (C=O) groups excluding carboxylic acids is 2. The Labute approximate surface area is 178 Å². The van der Waals surface area contributed by atoms with Crippen molar-refractivity contribution in [3.63, 3.8) is 0 Å². The molecule has 4 aromatic rings. The third kappa shape index (κ3) is 3.88. The number of nitrogens with one attached hydrogen (secondary N) is 1. The number of rotatable bonds is 4. The van der Waals surface area contributed by atoms with E-state index in [-0.39, 0.29) is 11.5 Å². The van der Waals surface area contributed by atoms with Crippen molar-refractivity contribution in [1.82, 2.24) is 4.98 Å². The second-order valence-corrected chi connectivity index (χ2v) is 7.03. The average molecular weight is 417 g/mol. The highest BCUT2D eigenvalue weighted by atomic mass is 35.5. The van der Waals surface area contributed by atoms with E-state index in [1.165, 1.54) is 13.2 Å². The van der Waals surface area contributed by atoms with E-state index in [0.29, 0.717) is 16.3 Å². The van der Waals surface area contributed by atoms with E-state index in [9.17, 15) is 9.59 Å². The number of pyridine rings is 1. The molecule has 1 aromatic heterocycles. The quantitative estimate of drug-likeness (QED) is 0.440. The number of ether oxygens (including phenoxy) is 1. The molecule has 1 heterocycles. The molecule has 0 spiro atoms. The van der Waals surface area contributed by atoms with Crippen molar-refractivity contribution >= 4 is 40.1 Å². The molecule has 6 heteroatoms. The van der Waals surface area contributed by atoms with Crippen LogP contribution in [0.15, 0.2) is 79.0 Å². The van der Waals surface area contributed by atoms with Crippen molar-refractivity contribution in [3.05, 3.63) is 95.1 Å². The van der Waals surface area contributed by atoms with Crippen LogP contribution in [0.5, 0.6) is 0 Å². The summed E-state index contributed by atoms with van der Waals surface area (Å²) in [5.74, 6) is -0.920. The normalized spacial score (nSPS) is 10.6. The average Bonchev–Trinajstić information content (AvgIpc) is 2.79. The molecule has 0 aliphatic rings. The van der Waals surface area contributed by atoms with Gasteiger partial charge in [0.2, 0.25) is 0 Å². The molecule has 3 aromatic carbocycles. The number of carbonyl (C=O) groups is 2. The Hall–Kier alpha value is -3.70. The highest BCUT2D eigenvalue weighted by Gasteiger charge is 2.16. The molecule has 30 heavy (non-hydrogen) atoms. The van der Waals surface area contributed by atoms with Gasteiger partial charge in [-0.05, 0) is 42.0 Å². The number of hydrogen-bond acceptors (Lipinski definition) is 4. The van der Waals surface area contributed by atoms with E-state index >= 15 is 0 Å². The first-order chi connectivity index (χ1) is 14.6. The van der Waals surface area contributed by atoms with Crippen LogP contribution >= 0.6 is 11.6 Å². The van der Waals surface area contributed by atoms with Gasteiger partial charge < -0.3 is 10.1 Å². The van der Waals surface area contributed by atoms with Gasteiger partial charge in [0.25, 0.3) is 5.91 Å². The standard InChI is InChI=1S/C24H17ClN2O3/c1-30-24(29)20-14-18(25)11-12-21(20)27-23(28)17-9-7-15(8-10-17)19-6-2-4-16-5-3-13-26-22(16)19/h2-14H,1H3,(H,27,28). The van der Waals surface area contributed by atoms with Crippen molar-refractivity contribution in [1.29, 1.82) is 0 Å². The van der Waals surface area contributed by atoms with Crippen LogP contribution in [-0.4, -0.2) is 24.0 Å². The summed E-state index contributed by atoms with van der Waals surface area (Å²) in [5.41, 5.74) is 3.83. The van der Waals surface area contributed by atoms with Crippen LogP contribution in [-0.2, 0) is 4.74 Å². The highest BCUT2D eigenvalue weighted by molar-refractivity contribution is 6.31. The van der Waals surface area contributed by atoms with Gasteiger partial charge in [-0.2, -0.15) is 0 Å². The lowest BCUT2D eigenvalue weighted by Crippen LogP contribution is -2.15. The van der Waals surface area contributed by atoms with Gasteiger partial charge in [0.1, 0.15) is 0 Å². The third-order valence-electron chi connectivity index (χ3n) is 4.73. The Balaban J connectivity index is 1.61. The summed E-state index contributed by atoms with van der Waals surface area (Å²) >= 11 is 5.96. The molecular formula is C24H17ClN2O3.